The van der Waals surface area contributed by atoms with E-state index in [-0.39, 0.29) is 22.9 Å². The number of imidazole rings is 1. The molecule has 220 valence electrons. The molecule has 2 aromatic rings. The zero-order chi connectivity index (χ0) is 28.2. The number of aromatic amines is 1. The van der Waals surface area contributed by atoms with E-state index in [1.54, 1.807) is 0 Å². The van der Waals surface area contributed by atoms with Gasteiger partial charge in [-0.05, 0) is 6.42 Å². The summed E-state index contributed by atoms with van der Waals surface area (Å²) in [4.78, 5) is 36.2. The van der Waals surface area contributed by atoms with E-state index in [1.807, 2.05) is 0 Å². The highest BCUT2D eigenvalue weighted by Gasteiger charge is 2.45. The number of aromatic nitrogens is 4. The molecule has 0 spiro atoms. The van der Waals surface area contributed by atoms with Crippen LogP contribution in [0.3, 0.4) is 0 Å². The molecule has 0 amide bonds. The molecule has 1 aliphatic heterocycles. The SMILES string of the molecule is CCCCCCCCCCCCCCCCNc1nc(=O)c2nc(N)n([C@@H]3O[C@H](CO)[C@@H](O)[C@H]3O)c2c(=O)[nH]1. The molecule has 0 radical (unpaired) electrons. The molecule has 12 heteroatoms. The average Bonchev–Trinajstić information content (AvgIpc) is 3.37. The maximum absolute atomic E-state index is 13.0. The van der Waals surface area contributed by atoms with Crippen LogP contribution >= 0.6 is 0 Å². The van der Waals surface area contributed by atoms with Crippen molar-refractivity contribution in [2.24, 2.45) is 0 Å². The molecule has 1 saturated heterocycles. The van der Waals surface area contributed by atoms with Crippen molar-refractivity contribution in [2.75, 3.05) is 24.2 Å². The Kier molecular flexibility index (Phi) is 12.6. The van der Waals surface area contributed by atoms with Crippen LogP contribution in [-0.2, 0) is 4.74 Å². The van der Waals surface area contributed by atoms with E-state index in [9.17, 15) is 24.9 Å². The largest absolute Gasteiger partial charge is 0.394 e. The summed E-state index contributed by atoms with van der Waals surface area (Å²) in [6.07, 6.45) is 12.3. The van der Waals surface area contributed by atoms with Gasteiger partial charge in [-0.2, -0.15) is 4.98 Å². The van der Waals surface area contributed by atoms with Gasteiger partial charge in [0.2, 0.25) is 11.9 Å². The Labute approximate surface area is 229 Å². The van der Waals surface area contributed by atoms with E-state index in [2.05, 4.69) is 27.2 Å². The van der Waals surface area contributed by atoms with Crippen molar-refractivity contribution in [3.05, 3.63) is 20.7 Å². The lowest BCUT2D eigenvalue weighted by atomic mass is 10.0. The van der Waals surface area contributed by atoms with E-state index in [1.165, 1.54) is 70.6 Å². The fourth-order valence-electron chi connectivity index (χ4n) is 5.13. The minimum Gasteiger partial charge on any atom is -0.394 e. The first-order valence-corrected chi connectivity index (χ1v) is 14.6. The lowest BCUT2D eigenvalue weighted by molar-refractivity contribution is -0.0499. The van der Waals surface area contributed by atoms with Gasteiger partial charge >= 0.3 is 5.56 Å². The summed E-state index contributed by atoms with van der Waals surface area (Å²) in [6, 6.07) is 0. The van der Waals surface area contributed by atoms with Gasteiger partial charge in [-0.3, -0.25) is 19.1 Å². The van der Waals surface area contributed by atoms with Crippen LogP contribution in [0.2, 0.25) is 0 Å². The summed E-state index contributed by atoms with van der Waals surface area (Å²) < 4.78 is 6.54. The van der Waals surface area contributed by atoms with Crippen molar-refractivity contribution in [3.8, 4) is 0 Å². The van der Waals surface area contributed by atoms with Gasteiger partial charge in [0.25, 0.3) is 5.56 Å². The van der Waals surface area contributed by atoms with Crippen molar-refractivity contribution in [3.63, 3.8) is 0 Å². The molecule has 1 aliphatic rings. The number of aliphatic hydroxyl groups excluding tert-OH is 3. The summed E-state index contributed by atoms with van der Waals surface area (Å²) >= 11 is 0. The number of anilines is 2. The van der Waals surface area contributed by atoms with Crippen LogP contribution in [-0.4, -0.2) is 66.3 Å². The highest BCUT2D eigenvalue weighted by molar-refractivity contribution is 5.76. The van der Waals surface area contributed by atoms with Crippen LogP contribution in [0.4, 0.5) is 11.9 Å². The summed E-state index contributed by atoms with van der Waals surface area (Å²) in [7, 11) is 0. The molecule has 0 unspecified atom stereocenters. The summed E-state index contributed by atoms with van der Waals surface area (Å²) in [5.41, 5.74) is 3.93. The minimum atomic E-state index is -1.49. The maximum atomic E-state index is 13.0. The second-order valence-electron chi connectivity index (χ2n) is 10.5. The third kappa shape index (κ3) is 8.47. The first-order valence-electron chi connectivity index (χ1n) is 14.6. The standard InChI is InChI=1S/C27H46N6O6/c1-2-3-4-5-6-7-8-9-10-11-12-13-14-15-16-29-27-31-23(37)19-20(24(38)32-27)33(26(28)30-19)25-22(36)21(35)18(17-34)39-25/h18,21-22,25,34-36H,2-17H2,1H3,(H2,28,30)(H2,29,31,32,37,38)/t18-,21-,22-,25-/m1/s1. The molecule has 12 nitrogen and oxygen atoms in total. The third-order valence-electron chi connectivity index (χ3n) is 7.40. The van der Waals surface area contributed by atoms with Crippen LogP contribution in [0.15, 0.2) is 9.59 Å². The number of unbranched alkanes of at least 4 members (excludes halogenated alkanes) is 13. The number of hydrogen-bond donors (Lipinski definition) is 6. The first kappa shape index (κ1) is 31.0. The molecule has 3 heterocycles. The van der Waals surface area contributed by atoms with Crippen LogP contribution < -0.4 is 22.2 Å². The average molecular weight is 551 g/mol. The van der Waals surface area contributed by atoms with Crippen molar-refractivity contribution >= 4 is 22.9 Å². The van der Waals surface area contributed by atoms with Gasteiger partial charge < -0.3 is 31.1 Å². The van der Waals surface area contributed by atoms with E-state index in [0.717, 1.165) is 23.8 Å². The summed E-state index contributed by atoms with van der Waals surface area (Å²) in [5, 5.41) is 32.8. The van der Waals surface area contributed by atoms with Crippen LogP contribution in [0.5, 0.6) is 0 Å². The molecular weight excluding hydrogens is 504 g/mol. The van der Waals surface area contributed by atoms with Crippen molar-refractivity contribution in [1.82, 2.24) is 19.5 Å². The van der Waals surface area contributed by atoms with Crippen LogP contribution in [0, 0.1) is 0 Å². The summed E-state index contributed by atoms with van der Waals surface area (Å²) in [6.45, 7) is 2.24. The highest BCUT2D eigenvalue weighted by Crippen LogP contribution is 2.32. The van der Waals surface area contributed by atoms with Gasteiger partial charge in [-0.15, -0.1) is 0 Å². The maximum Gasteiger partial charge on any atom is 0.301 e. The van der Waals surface area contributed by atoms with E-state index in [4.69, 9.17) is 10.5 Å². The molecule has 3 rings (SSSR count). The lowest BCUT2D eigenvalue weighted by Crippen LogP contribution is -2.33. The molecule has 0 aliphatic carbocycles. The molecule has 0 aromatic carbocycles. The fraction of sp³-hybridized carbons (Fsp3) is 0.778. The number of nitrogen functional groups attached to an aromatic ring is 1. The lowest BCUT2D eigenvalue weighted by Gasteiger charge is -2.17. The van der Waals surface area contributed by atoms with Gasteiger partial charge in [-0.1, -0.05) is 90.4 Å². The number of rotatable bonds is 18. The predicted molar refractivity (Wildman–Crippen MR) is 151 cm³/mol. The Balaban J connectivity index is 1.44. The molecular formula is C27H46N6O6. The second-order valence-corrected chi connectivity index (χ2v) is 10.5. The molecule has 0 saturated carbocycles. The van der Waals surface area contributed by atoms with Gasteiger partial charge in [0.15, 0.2) is 11.7 Å². The van der Waals surface area contributed by atoms with Gasteiger partial charge in [0.05, 0.1) is 6.61 Å². The normalized spacial score (nSPS) is 21.1. The smallest absolute Gasteiger partial charge is 0.301 e. The monoisotopic (exact) mass is 550 g/mol. The third-order valence-corrected chi connectivity index (χ3v) is 7.40. The Morgan fingerprint density at radius 3 is 2.00 bits per heavy atom. The van der Waals surface area contributed by atoms with Crippen molar-refractivity contribution < 1.29 is 20.1 Å². The topological polar surface area (TPSA) is 189 Å². The molecule has 39 heavy (non-hydrogen) atoms. The quantitative estimate of drug-likeness (QED) is 0.150. The number of nitrogens with two attached hydrogens (primary N) is 1. The Bertz CT molecular complexity index is 1140. The zero-order valence-corrected chi connectivity index (χ0v) is 23.1. The van der Waals surface area contributed by atoms with E-state index < -0.39 is 42.3 Å². The Morgan fingerprint density at radius 1 is 0.897 bits per heavy atom. The second kappa shape index (κ2) is 15.9. The Morgan fingerprint density at radius 2 is 1.46 bits per heavy atom. The molecule has 4 atom stereocenters. The highest BCUT2D eigenvalue weighted by atomic mass is 16.6. The van der Waals surface area contributed by atoms with Crippen LogP contribution in [0.1, 0.15) is 103 Å². The fourth-order valence-corrected chi connectivity index (χ4v) is 5.13. The Hall–Kier alpha value is -2.54. The number of fused-ring (bicyclic) bond motifs is 1. The number of aliphatic hydroxyl groups is 3. The molecule has 7 N–H and O–H groups in total. The molecule has 1 fully saturated rings. The van der Waals surface area contributed by atoms with Gasteiger partial charge in [0, 0.05) is 6.54 Å². The first-order chi connectivity index (χ1) is 18.9. The molecule has 0 bridgehead atoms. The van der Waals surface area contributed by atoms with Gasteiger partial charge in [0.1, 0.15) is 23.8 Å². The predicted octanol–water partition coefficient (Wildman–Crippen LogP) is 2.57. The van der Waals surface area contributed by atoms with Gasteiger partial charge in [-0.25, -0.2) is 4.98 Å². The number of hydrogen-bond acceptors (Lipinski definition) is 10. The van der Waals surface area contributed by atoms with E-state index >= 15 is 0 Å². The number of H-pyrrole nitrogens is 1. The number of nitrogens with zero attached hydrogens (tertiary/aromatic N) is 3. The number of nitrogens with one attached hydrogen (secondary N) is 2. The minimum absolute atomic E-state index is 0.0176. The van der Waals surface area contributed by atoms with Crippen molar-refractivity contribution in [2.45, 2.75) is 121 Å². The van der Waals surface area contributed by atoms with Crippen LogP contribution in [0.25, 0.3) is 11.0 Å². The molecule has 2 aromatic heterocycles. The summed E-state index contributed by atoms with van der Waals surface area (Å²) in [5.74, 6) is -0.240. The number of ether oxygens (including phenoxy) is 1. The van der Waals surface area contributed by atoms with Crippen molar-refractivity contribution in [1.29, 1.82) is 0 Å². The van der Waals surface area contributed by atoms with E-state index in [0.29, 0.717) is 6.54 Å². The zero-order valence-electron chi connectivity index (χ0n) is 23.1.